The van der Waals surface area contributed by atoms with E-state index in [1.165, 1.54) is 17.6 Å². The maximum atomic E-state index is 12.7. The summed E-state index contributed by atoms with van der Waals surface area (Å²) in [4.78, 5) is 36.4. The van der Waals surface area contributed by atoms with Gasteiger partial charge in [-0.2, -0.15) is 0 Å². The quantitative estimate of drug-likeness (QED) is 0.676. The third kappa shape index (κ3) is 5.10. The highest BCUT2D eigenvalue weighted by Gasteiger charge is 2.13. The molecule has 0 aliphatic rings. The van der Waals surface area contributed by atoms with Crippen LogP contribution in [0, 0.1) is 0 Å². The van der Waals surface area contributed by atoms with Crippen LogP contribution in [-0.4, -0.2) is 23.5 Å². The SMILES string of the molecule is COc1ccc(Cn2cccc(C(=O)Nc3ccc(NC(C)=O)cc3)c2=O)cc1. The van der Waals surface area contributed by atoms with Gasteiger partial charge in [0.1, 0.15) is 11.3 Å². The fraction of sp³-hybridized carbons (Fsp3) is 0.136. The van der Waals surface area contributed by atoms with E-state index in [0.717, 1.165) is 11.3 Å². The third-order valence-electron chi connectivity index (χ3n) is 4.24. The van der Waals surface area contributed by atoms with Crippen LogP contribution < -0.4 is 20.9 Å². The van der Waals surface area contributed by atoms with Crippen LogP contribution >= 0.6 is 0 Å². The van der Waals surface area contributed by atoms with Gasteiger partial charge in [0.05, 0.1) is 13.7 Å². The molecule has 2 N–H and O–H groups in total. The van der Waals surface area contributed by atoms with Crippen LogP contribution in [0.5, 0.6) is 5.75 Å². The summed E-state index contributed by atoms with van der Waals surface area (Å²) in [5.41, 5.74) is 1.73. The van der Waals surface area contributed by atoms with Crippen LogP contribution in [0.1, 0.15) is 22.8 Å². The summed E-state index contributed by atoms with van der Waals surface area (Å²) in [6.45, 7) is 1.76. The molecular weight excluding hydrogens is 370 g/mol. The van der Waals surface area contributed by atoms with Crippen LogP contribution in [0.4, 0.5) is 11.4 Å². The predicted octanol–water partition coefficient (Wildman–Crippen LogP) is 3.12. The monoisotopic (exact) mass is 391 g/mol. The summed E-state index contributed by atoms with van der Waals surface area (Å²) in [5.74, 6) is 0.0635. The molecule has 0 unspecified atom stereocenters. The number of hydrogen-bond donors (Lipinski definition) is 2. The van der Waals surface area contributed by atoms with Crippen molar-refractivity contribution < 1.29 is 14.3 Å². The van der Waals surface area contributed by atoms with Crippen molar-refractivity contribution in [3.05, 3.63) is 88.3 Å². The highest BCUT2D eigenvalue weighted by atomic mass is 16.5. The van der Waals surface area contributed by atoms with Gasteiger partial charge < -0.3 is 19.9 Å². The largest absolute Gasteiger partial charge is 0.497 e. The second-order valence-electron chi connectivity index (χ2n) is 6.42. The maximum Gasteiger partial charge on any atom is 0.263 e. The van der Waals surface area contributed by atoms with E-state index in [1.807, 2.05) is 24.3 Å². The molecule has 0 radical (unpaired) electrons. The molecule has 0 aliphatic heterocycles. The van der Waals surface area contributed by atoms with E-state index in [-0.39, 0.29) is 17.0 Å². The van der Waals surface area contributed by atoms with E-state index in [9.17, 15) is 14.4 Å². The average Bonchev–Trinajstić information content (AvgIpc) is 2.71. The Morgan fingerprint density at radius 3 is 2.14 bits per heavy atom. The Morgan fingerprint density at radius 2 is 1.55 bits per heavy atom. The second-order valence-corrected chi connectivity index (χ2v) is 6.42. The summed E-state index contributed by atoms with van der Waals surface area (Å²) >= 11 is 0. The van der Waals surface area contributed by atoms with Crippen molar-refractivity contribution in [2.24, 2.45) is 0 Å². The molecule has 0 bridgehead atoms. The minimum absolute atomic E-state index is 0.0481. The van der Waals surface area contributed by atoms with E-state index in [4.69, 9.17) is 4.74 Å². The first-order chi connectivity index (χ1) is 14.0. The van der Waals surface area contributed by atoms with Gasteiger partial charge in [0, 0.05) is 24.5 Å². The molecule has 0 spiro atoms. The number of carbonyl (C=O) groups excluding carboxylic acids is 2. The van der Waals surface area contributed by atoms with E-state index in [1.54, 1.807) is 43.6 Å². The van der Waals surface area contributed by atoms with Crippen LogP contribution in [0.3, 0.4) is 0 Å². The zero-order valence-corrected chi connectivity index (χ0v) is 16.1. The van der Waals surface area contributed by atoms with Crippen LogP contribution in [0.15, 0.2) is 71.7 Å². The minimum Gasteiger partial charge on any atom is -0.497 e. The number of amides is 2. The number of pyridine rings is 1. The zero-order valence-electron chi connectivity index (χ0n) is 16.1. The van der Waals surface area contributed by atoms with Crippen molar-refractivity contribution >= 4 is 23.2 Å². The summed E-state index contributed by atoms with van der Waals surface area (Å²) in [6.07, 6.45) is 1.64. The Hall–Kier alpha value is -3.87. The van der Waals surface area contributed by atoms with E-state index >= 15 is 0 Å². The van der Waals surface area contributed by atoms with Gasteiger partial charge in [-0.1, -0.05) is 12.1 Å². The van der Waals surface area contributed by atoms with Crippen molar-refractivity contribution in [3.63, 3.8) is 0 Å². The number of benzene rings is 2. The number of nitrogens with one attached hydrogen (secondary N) is 2. The topological polar surface area (TPSA) is 89.4 Å². The van der Waals surface area contributed by atoms with Gasteiger partial charge in [-0.25, -0.2) is 0 Å². The molecule has 0 saturated heterocycles. The summed E-state index contributed by atoms with van der Waals surface area (Å²) in [7, 11) is 1.59. The number of anilines is 2. The molecule has 29 heavy (non-hydrogen) atoms. The average molecular weight is 391 g/mol. The number of carbonyl (C=O) groups is 2. The number of ether oxygens (including phenoxy) is 1. The lowest BCUT2D eigenvalue weighted by molar-refractivity contribution is -0.114. The summed E-state index contributed by atoms with van der Waals surface area (Å²) in [5, 5.41) is 5.36. The lowest BCUT2D eigenvalue weighted by atomic mass is 10.2. The molecular formula is C22H21N3O4. The lowest BCUT2D eigenvalue weighted by Gasteiger charge is -2.10. The number of methoxy groups -OCH3 is 1. The molecule has 0 saturated carbocycles. The molecule has 2 amide bonds. The molecule has 3 rings (SSSR count). The smallest absolute Gasteiger partial charge is 0.263 e. The lowest BCUT2D eigenvalue weighted by Crippen LogP contribution is -2.29. The Bertz CT molecular complexity index is 1070. The van der Waals surface area contributed by atoms with Crippen LogP contribution in [-0.2, 0) is 11.3 Å². The van der Waals surface area contributed by atoms with Gasteiger partial charge in [0.2, 0.25) is 5.91 Å². The first-order valence-electron chi connectivity index (χ1n) is 8.97. The van der Waals surface area contributed by atoms with E-state index in [2.05, 4.69) is 10.6 Å². The fourth-order valence-electron chi connectivity index (χ4n) is 2.80. The van der Waals surface area contributed by atoms with Gasteiger partial charge in [0.15, 0.2) is 0 Å². The van der Waals surface area contributed by atoms with Crippen LogP contribution in [0.2, 0.25) is 0 Å². The van der Waals surface area contributed by atoms with Crippen molar-refractivity contribution in [3.8, 4) is 5.75 Å². The van der Waals surface area contributed by atoms with E-state index in [0.29, 0.717) is 17.9 Å². The van der Waals surface area contributed by atoms with Gasteiger partial charge in [-0.05, 0) is 54.1 Å². The number of nitrogens with zero attached hydrogens (tertiary/aromatic N) is 1. The minimum atomic E-state index is -0.494. The van der Waals surface area contributed by atoms with Crippen LogP contribution in [0.25, 0.3) is 0 Å². The molecule has 148 valence electrons. The van der Waals surface area contributed by atoms with E-state index < -0.39 is 5.91 Å². The van der Waals surface area contributed by atoms with Crippen molar-refractivity contribution in [2.45, 2.75) is 13.5 Å². The molecule has 7 nitrogen and oxygen atoms in total. The van der Waals surface area contributed by atoms with Gasteiger partial charge in [-0.3, -0.25) is 14.4 Å². The van der Waals surface area contributed by atoms with Gasteiger partial charge >= 0.3 is 0 Å². The third-order valence-corrected chi connectivity index (χ3v) is 4.24. The molecule has 0 atom stereocenters. The predicted molar refractivity (Wildman–Crippen MR) is 111 cm³/mol. The molecule has 0 fully saturated rings. The Kier molecular flexibility index (Phi) is 6.09. The van der Waals surface area contributed by atoms with Gasteiger partial charge in [0.25, 0.3) is 11.5 Å². The first-order valence-corrected chi connectivity index (χ1v) is 8.97. The Labute approximate surface area is 167 Å². The number of aromatic nitrogens is 1. The van der Waals surface area contributed by atoms with Crippen molar-refractivity contribution in [2.75, 3.05) is 17.7 Å². The fourth-order valence-corrected chi connectivity index (χ4v) is 2.80. The van der Waals surface area contributed by atoms with Gasteiger partial charge in [-0.15, -0.1) is 0 Å². The molecule has 2 aromatic carbocycles. The Morgan fingerprint density at radius 1 is 0.931 bits per heavy atom. The van der Waals surface area contributed by atoms with Crippen molar-refractivity contribution in [1.29, 1.82) is 0 Å². The molecule has 1 aromatic heterocycles. The Balaban J connectivity index is 1.74. The first kappa shape index (κ1) is 19.9. The number of hydrogen-bond acceptors (Lipinski definition) is 4. The molecule has 3 aromatic rings. The summed E-state index contributed by atoms with van der Waals surface area (Å²) < 4.78 is 6.62. The normalized spacial score (nSPS) is 10.3. The molecule has 0 aliphatic carbocycles. The standard InChI is InChI=1S/C22H21N3O4/c1-15(26)23-17-7-9-18(10-8-17)24-21(27)20-4-3-13-25(22(20)28)14-16-5-11-19(29-2)12-6-16/h3-13H,14H2,1-2H3,(H,23,26)(H,24,27). The maximum absolute atomic E-state index is 12.7. The zero-order chi connectivity index (χ0) is 20.8. The molecule has 7 heteroatoms. The number of rotatable bonds is 6. The highest BCUT2D eigenvalue weighted by Crippen LogP contribution is 2.15. The highest BCUT2D eigenvalue weighted by molar-refractivity contribution is 6.04. The summed E-state index contributed by atoms with van der Waals surface area (Å²) in [6, 6.07) is 17.2. The second kappa shape index (κ2) is 8.88. The van der Waals surface area contributed by atoms with Crippen molar-refractivity contribution in [1.82, 2.24) is 4.57 Å². The molecule has 1 heterocycles.